The third-order valence-electron chi connectivity index (χ3n) is 7.68. The first-order valence-corrected chi connectivity index (χ1v) is 13.1. The molecule has 8 nitrogen and oxygen atoms in total. The summed E-state index contributed by atoms with van der Waals surface area (Å²) in [5.74, 6) is -0.344. The van der Waals surface area contributed by atoms with Crippen LogP contribution in [0.5, 0.6) is 0 Å². The molecule has 4 aromatic rings. The van der Waals surface area contributed by atoms with Gasteiger partial charge in [-0.15, -0.1) is 11.3 Å². The van der Waals surface area contributed by atoms with Crippen LogP contribution in [0.3, 0.4) is 0 Å². The molecule has 190 valence electrons. The van der Waals surface area contributed by atoms with E-state index in [-0.39, 0.29) is 24.2 Å². The van der Waals surface area contributed by atoms with E-state index in [1.165, 1.54) is 11.3 Å². The second-order valence-electron chi connectivity index (χ2n) is 10.5. The highest BCUT2D eigenvalue weighted by molar-refractivity contribution is 7.13. The van der Waals surface area contributed by atoms with Crippen LogP contribution < -0.4 is 5.59 Å². The van der Waals surface area contributed by atoms with Crippen molar-refractivity contribution in [3.8, 4) is 10.7 Å². The van der Waals surface area contributed by atoms with Gasteiger partial charge in [-0.3, -0.25) is 4.79 Å². The predicted octanol–water partition coefficient (Wildman–Crippen LogP) is 4.38. The normalized spacial score (nSPS) is 22.4. The van der Waals surface area contributed by atoms with Crippen LogP contribution in [0.1, 0.15) is 68.4 Å². The fourth-order valence-corrected chi connectivity index (χ4v) is 5.50. The number of hydrogen-bond donors (Lipinski definition) is 0. The van der Waals surface area contributed by atoms with Crippen LogP contribution in [0, 0.1) is 0 Å². The van der Waals surface area contributed by atoms with Crippen LogP contribution in [-0.4, -0.2) is 55.3 Å². The van der Waals surface area contributed by atoms with Crippen molar-refractivity contribution in [2.24, 2.45) is 0 Å². The van der Waals surface area contributed by atoms with Gasteiger partial charge in [0, 0.05) is 17.6 Å². The van der Waals surface area contributed by atoms with Crippen molar-refractivity contribution in [1.82, 2.24) is 24.5 Å². The summed E-state index contributed by atoms with van der Waals surface area (Å²) in [6, 6.07) is 10.5. The average molecular weight is 519 g/mol. The van der Waals surface area contributed by atoms with Gasteiger partial charge in [0.25, 0.3) is 5.91 Å². The van der Waals surface area contributed by atoms with Crippen LogP contribution >= 0.6 is 11.3 Å². The Labute approximate surface area is 218 Å². The fraction of sp³-hybridized carbons (Fsp3) is 0.385. The van der Waals surface area contributed by atoms with E-state index in [4.69, 9.17) is 14.4 Å². The summed E-state index contributed by atoms with van der Waals surface area (Å²) < 4.78 is 29.1. The van der Waals surface area contributed by atoms with Crippen molar-refractivity contribution >= 4 is 35.6 Å². The molecule has 37 heavy (non-hydrogen) atoms. The van der Waals surface area contributed by atoms with E-state index in [9.17, 15) is 4.79 Å². The van der Waals surface area contributed by atoms with Gasteiger partial charge in [0.2, 0.25) is 0 Å². The molecule has 1 saturated heterocycles. The fourth-order valence-electron chi connectivity index (χ4n) is 4.86. The summed E-state index contributed by atoms with van der Waals surface area (Å²) in [6.07, 6.45) is 0.437. The molecule has 0 radical (unpaired) electrons. The highest BCUT2D eigenvalue weighted by Gasteiger charge is 2.52. The number of hydrogen-bond acceptors (Lipinski definition) is 7. The summed E-state index contributed by atoms with van der Waals surface area (Å²) in [5, 5.41) is 7.28. The molecule has 1 amide bonds. The highest BCUT2D eigenvalue weighted by atomic mass is 32.1. The van der Waals surface area contributed by atoms with Crippen LogP contribution in [0.2, 0.25) is 0 Å². The third-order valence-corrected chi connectivity index (χ3v) is 8.48. The molecular formula is C26H27BFN5O3S. The summed E-state index contributed by atoms with van der Waals surface area (Å²) in [4.78, 5) is 24.4. The van der Waals surface area contributed by atoms with Crippen LogP contribution in [0.25, 0.3) is 16.3 Å². The molecule has 1 fully saturated rings. The molecule has 2 unspecified atom stereocenters. The second kappa shape index (κ2) is 8.44. The minimum Gasteiger partial charge on any atom is -0.398 e. The number of thiazole rings is 1. The van der Waals surface area contributed by atoms with Gasteiger partial charge in [-0.05, 0) is 51.8 Å². The number of rotatable bonds is 3. The average Bonchev–Trinajstić information content (AvgIpc) is 3.58. The van der Waals surface area contributed by atoms with Gasteiger partial charge in [-0.1, -0.05) is 24.3 Å². The second-order valence-corrected chi connectivity index (χ2v) is 11.4. The molecular weight excluding hydrogens is 492 g/mol. The topological polar surface area (TPSA) is 81.9 Å². The Kier molecular flexibility index (Phi) is 5.52. The van der Waals surface area contributed by atoms with E-state index in [1.807, 2.05) is 58.2 Å². The molecule has 5 heterocycles. The number of carbonyl (C=O) groups excluding carboxylic acids is 1. The highest BCUT2D eigenvalue weighted by Crippen LogP contribution is 2.38. The van der Waals surface area contributed by atoms with E-state index >= 15 is 4.39 Å². The van der Waals surface area contributed by atoms with Crippen molar-refractivity contribution in [2.75, 3.05) is 6.54 Å². The lowest BCUT2D eigenvalue weighted by Gasteiger charge is -2.36. The zero-order valence-electron chi connectivity index (χ0n) is 21.3. The molecule has 0 N–H and O–H groups in total. The van der Waals surface area contributed by atoms with Crippen molar-refractivity contribution < 1.29 is 18.5 Å². The number of benzene rings is 1. The van der Waals surface area contributed by atoms with Gasteiger partial charge >= 0.3 is 7.12 Å². The Morgan fingerprint density at radius 2 is 1.84 bits per heavy atom. The zero-order valence-corrected chi connectivity index (χ0v) is 22.1. The molecule has 2 aliphatic heterocycles. The van der Waals surface area contributed by atoms with Crippen molar-refractivity contribution in [3.05, 3.63) is 64.8 Å². The minimum absolute atomic E-state index is 0.0328. The number of fused-ring (bicyclic) bond motifs is 2. The molecule has 3 aromatic heterocycles. The molecule has 0 aliphatic carbocycles. The van der Waals surface area contributed by atoms with Crippen molar-refractivity contribution in [3.63, 3.8) is 0 Å². The van der Waals surface area contributed by atoms with E-state index in [0.717, 1.165) is 5.56 Å². The largest absolute Gasteiger partial charge is 0.516 e. The summed E-state index contributed by atoms with van der Waals surface area (Å²) in [5.41, 5.74) is 2.23. The first-order chi connectivity index (χ1) is 17.6. The van der Waals surface area contributed by atoms with Gasteiger partial charge in [-0.25, -0.2) is 18.9 Å². The molecule has 0 saturated carbocycles. The molecule has 6 rings (SSSR count). The Morgan fingerprint density at radius 1 is 1.14 bits per heavy atom. The van der Waals surface area contributed by atoms with E-state index in [1.54, 1.807) is 33.8 Å². The zero-order chi connectivity index (χ0) is 26.1. The third kappa shape index (κ3) is 3.87. The molecule has 0 spiro atoms. The molecule has 0 bridgehead atoms. The molecule has 11 heteroatoms. The monoisotopic (exact) mass is 519 g/mol. The number of halogens is 1. The minimum atomic E-state index is -1.26. The maximum absolute atomic E-state index is 15.1. The molecule has 1 aromatic carbocycles. The first kappa shape index (κ1) is 24.2. The Balaban J connectivity index is 1.42. The lowest BCUT2D eigenvalue weighted by Crippen LogP contribution is -2.41. The van der Waals surface area contributed by atoms with Gasteiger partial charge in [-0.2, -0.15) is 5.10 Å². The predicted molar refractivity (Wildman–Crippen MR) is 140 cm³/mol. The Bertz CT molecular complexity index is 1490. The van der Waals surface area contributed by atoms with Gasteiger partial charge < -0.3 is 14.2 Å². The maximum Gasteiger partial charge on any atom is 0.516 e. The molecule has 2 aliphatic rings. The van der Waals surface area contributed by atoms with Gasteiger partial charge in [0.15, 0.2) is 5.65 Å². The molecule has 2 atom stereocenters. The number of nitrogens with zero attached hydrogens (tertiary/aromatic N) is 5. The maximum atomic E-state index is 15.1. The van der Waals surface area contributed by atoms with Crippen LogP contribution in [-0.2, 0) is 9.31 Å². The van der Waals surface area contributed by atoms with Crippen molar-refractivity contribution in [2.45, 2.75) is 58.0 Å². The Morgan fingerprint density at radius 3 is 2.51 bits per heavy atom. The van der Waals surface area contributed by atoms with E-state index in [0.29, 0.717) is 27.5 Å². The summed E-state index contributed by atoms with van der Waals surface area (Å²) >= 11 is 1.43. The standard InChI is InChI=1S/C26H27BFN5O3S/c1-15-16-8-6-7-9-17(16)18(28)14-32(15)24(34)19-12-20(23-29-10-11-37-23)33-22(30-19)13-21(31-33)27-35-25(2,3)26(4,5)36-27/h6-13,15,18H,14H2,1-5H3. The first-order valence-electron chi connectivity index (χ1n) is 12.3. The van der Waals surface area contributed by atoms with Crippen LogP contribution in [0.4, 0.5) is 4.39 Å². The smallest absolute Gasteiger partial charge is 0.398 e. The number of alkyl halides is 1. The number of carbonyl (C=O) groups is 1. The number of amides is 1. The van der Waals surface area contributed by atoms with Crippen molar-refractivity contribution in [1.29, 1.82) is 0 Å². The quantitative estimate of drug-likeness (QED) is 0.374. The van der Waals surface area contributed by atoms with Gasteiger partial charge in [0.1, 0.15) is 22.6 Å². The lowest BCUT2D eigenvalue weighted by molar-refractivity contribution is 0.00578. The van der Waals surface area contributed by atoms with Crippen LogP contribution in [0.15, 0.2) is 48.0 Å². The number of aromatic nitrogens is 4. The Hall–Kier alpha value is -3.15. The van der Waals surface area contributed by atoms with Gasteiger partial charge in [0.05, 0.1) is 29.4 Å². The summed E-state index contributed by atoms with van der Waals surface area (Å²) in [7, 11) is -0.680. The lowest BCUT2D eigenvalue weighted by atomic mass is 9.85. The van der Waals surface area contributed by atoms with E-state index in [2.05, 4.69) is 9.97 Å². The van der Waals surface area contributed by atoms with E-state index < -0.39 is 24.5 Å². The SMILES string of the molecule is CC1c2ccccc2C(F)CN1C(=O)c1cc(-c2nccs2)n2nc(B3OC(C)(C)C(C)(C)O3)cc2n1. The summed E-state index contributed by atoms with van der Waals surface area (Å²) in [6.45, 7) is 9.81.